The zero-order chi connectivity index (χ0) is 40.8. The van der Waals surface area contributed by atoms with E-state index < -0.39 is 30.1 Å². The average molecular weight is 782 g/mol. The third kappa shape index (κ3) is 6.88. The van der Waals surface area contributed by atoms with Crippen LogP contribution in [0.5, 0.6) is 40.2 Å². The molecule has 6 atom stereocenters. The van der Waals surface area contributed by atoms with Crippen LogP contribution in [0.15, 0.2) is 60.7 Å². The highest BCUT2D eigenvalue weighted by Crippen LogP contribution is 2.53. The molecule has 4 N–H and O–H groups in total. The Bertz CT molecular complexity index is 2190. The highest BCUT2D eigenvalue weighted by atomic mass is 16.5. The van der Waals surface area contributed by atoms with E-state index >= 15 is 0 Å². The Morgan fingerprint density at radius 1 is 0.719 bits per heavy atom. The van der Waals surface area contributed by atoms with E-state index in [0.717, 1.165) is 33.4 Å². The van der Waals surface area contributed by atoms with Gasteiger partial charge in [0, 0.05) is 44.1 Å². The first-order valence-electron chi connectivity index (χ1n) is 19.8. The second-order valence-corrected chi connectivity index (χ2v) is 16.0. The smallest absolute Gasteiger partial charge is 0.362 e. The van der Waals surface area contributed by atoms with E-state index in [-0.39, 0.29) is 10.5 Å². The van der Waals surface area contributed by atoms with E-state index in [2.05, 4.69) is 7.05 Å². The van der Waals surface area contributed by atoms with Crippen LogP contribution in [0.2, 0.25) is 0 Å². The average Bonchev–Trinajstić information content (AvgIpc) is 3.18. The Labute approximate surface area is 334 Å². The summed E-state index contributed by atoms with van der Waals surface area (Å²) in [5.74, 6) is 1.80. The fraction of sp³-hybridized carbons (Fsp3) is 0.422. The number of benzene rings is 4. The van der Waals surface area contributed by atoms with Crippen molar-refractivity contribution in [2.75, 3.05) is 54.2 Å². The number of ether oxygens (including phenoxy) is 5. The molecular formula is C45H55N3O9+2. The molecule has 6 unspecified atom stereocenters. The lowest BCUT2D eigenvalue weighted by molar-refractivity contribution is -0.956. The Balaban J connectivity index is 1.53. The number of rotatable bonds is 9. The van der Waals surface area contributed by atoms with Gasteiger partial charge in [-0.2, -0.15) is 0 Å². The Kier molecular flexibility index (Phi) is 10.8. The molecule has 0 saturated carbocycles. The summed E-state index contributed by atoms with van der Waals surface area (Å²) < 4.78 is 31.7. The summed E-state index contributed by atoms with van der Waals surface area (Å²) in [4.78, 5) is 26.0. The summed E-state index contributed by atoms with van der Waals surface area (Å²) in [6.07, 6.45) is 3.08. The largest absolute Gasteiger partial charge is 0.494 e. The van der Waals surface area contributed by atoms with Gasteiger partial charge in [0.15, 0.2) is 40.8 Å². The van der Waals surface area contributed by atoms with Gasteiger partial charge in [0.1, 0.15) is 29.3 Å². The molecule has 302 valence electrons. The molecule has 0 radical (unpaired) electrons. The van der Waals surface area contributed by atoms with E-state index in [1.165, 1.54) is 0 Å². The van der Waals surface area contributed by atoms with Gasteiger partial charge < -0.3 is 48.6 Å². The number of likely N-dealkylation sites (N-methyl/N-ethyl adjacent to an activating group) is 2. The number of aliphatic carboxylic acids is 2. The maximum absolute atomic E-state index is 13.1. The molecule has 0 amide bonds. The topological polar surface area (TPSA) is 147 Å². The Morgan fingerprint density at radius 2 is 1.26 bits per heavy atom. The quantitative estimate of drug-likeness (QED) is 0.115. The van der Waals surface area contributed by atoms with Crippen molar-refractivity contribution in [3.05, 3.63) is 94.0 Å². The summed E-state index contributed by atoms with van der Waals surface area (Å²) in [5, 5.41) is 21.3. The van der Waals surface area contributed by atoms with Crippen LogP contribution in [0.25, 0.3) is 0 Å². The lowest BCUT2D eigenvalue weighted by atomic mass is 9.83. The first-order chi connectivity index (χ1) is 27.3. The number of hydrogen-bond donors (Lipinski definition) is 3. The van der Waals surface area contributed by atoms with Gasteiger partial charge in [0.2, 0.25) is 0 Å². The molecule has 0 spiro atoms. The van der Waals surface area contributed by atoms with E-state index in [4.69, 9.17) is 29.4 Å². The molecule has 57 heavy (non-hydrogen) atoms. The minimum absolute atomic E-state index is 0.206. The maximum atomic E-state index is 13.1. The number of fused-ring (bicyclic) bond motifs is 2. The number of anilines is 1. The summed E-state index contributed by atoms with van der Waals surface area (Å²) in [5.41, 5.74) is 13.1. The molecule has 4 aliphatic heterocycles. The van der Waals surface area contributed by atoms with E-state index in [0.29, 0.717) is 102 Å². The van der Waals surface area contributed by atoms with Crippen molar-refractivity contribution >= 4 is 17.6 Å². The van der Waals surface area contributed by atoms with Gasteiger partial charge in [0.05, 0.1) is 54.1 Å². The van der Waals surface area contributed by atoms with Crippen molar-refractivity contribution in [2.24, 2.45) is 0 Å². The maximum Gasteiger partial charge on any atom is 0.362 e. The monoisotopic (exact) mass is 781 g/mol. The molecule has 0 aromatic heterocycles. The number of nitrogen functional groups attached to an aromatic ring is 1. The third-order valence-corrected chi connectivity index (χ3v) is 13.1. The third-order valence-electron chi connectivity index (χ3n) is 13.1. The van der Waals surface area contributed by atoms with Crippen molar-refractivity contribution in [3.8, 4) is 40.2 Å². The molecule has 4 heterocycles. The second kappa shape index (κ2) is 15.5. The van der Waals surface area contributed by atoms with Crippen LogP contribution in [0.1, 0.15) is 72.2 Å². The van der Waals surface area contributed by atoms with E-state index in [1.54, 1.807) is 21.3 Å². The normalized spacial score (nSPS) is 23.4. The molecule has 0 aliphatic carbocycles. The van der Waals surface area contributed by atoms with Crippen molar-refractivity contribution in [3.63, 3.8) is 0 Å². The summed E-state index contributed by atoms with van der Waals surface area (Å²) >= 11 is 0. The molecule has 0 fully saturated rings. The lowest BCUT2D eigenvalue weighted by Crippen LogP contribution is -2.60. The van der Waals surface area contributed by atoms with Gasteiger partial charge in [0.25, 0.3) is 0 Å². The number of methoxy groups -OCH3 is 3. The standard InChI is InChI=1S/C45H53N3O9/c1-8-32(44(49)50)47(3)18-16-28-23-37(54-6)39-25-31(28)34(47)20-26-10-13-30(14-11-26)56-38-22-27(12-15-36(38)53-5)21-35-41-29(24-40(55-7)42(46)43(41)57-39)17-19-48(35,4)33(9-2)45(51)52/h10-15,22-25,32-35H,8-9,16-21,46H2,1-7H3/p+2. The van der Waals surface area contributed by atoms with Crippen LogP contribution in [-0.2, 0) is 35.3 Å². The predicted octanol–water partition coefficient (Wildman–Crippen LogP) is 7.49. The molecule has 4 aromatic rings. The van der Waals surface area contributed by atoms with Crippen molar-refractivity contribution in [2.45, 2.75) is 76.5 Å². The van der Waals surface area contributed by atoms with Crippen LogP contribution < -0.4 is 29.4 Å². The lowest BCUT2D eigenvalue weighted by Gasteiger charge is -2.49. The number of carboxylic acid groups (broad SMARTS) is 2. The molecule has 4 aromatic carbocycles. The van der Waals surface area contributed by atoms with E-state index in [9.17, 15) is 19.8 Å². The number of carboxylic acids is 2. The zero-order valence-electron chi connectivity index (χ0n) is 34.0. The first kappa shape index (κ1) is 39.8. The van der Waals surface area contributed by atoms with Gasteiger partial charge in [-0.15, -0.1) is 0 Å². The Morgan fingerprint density at radius 3 is 1.86 bits per heavy atom. The summed E-state index contributed by atoms with van der Waals surface area (Å²) in [6, 6.07) is 17.7. The highest BCUT2D eigenvalue weighted by molar-refractivity contribution is 5.74. The number of nitrogens with zero attached hydrogens (tertiary/aromatic N) is 2. The van der Waals surface area contributed by atoms with Gasteiger partial charge in [-0.05, 0) is 64.7 Å². The van der Waals surface area contributed by atoms with Crippen LogP contribution in [0, 0.1) is 0 Å². The number of nitrogens with two attached hydrogens (primary N) is 1. The molecule has 12 heteroatoms. The molecule has 4 aliphatic rings. The Hall–Kier alpha value is -5.46. The first-order valence-corrected chi connectivity index (χ1v) is 19.8. The number of quaternary nitrogens is 2. The molecule has 6 bridgehead atoms. The van der Waals surface area contributed by atoms with Gasteiger partial charge in [-0.3, -0.25) is 0 Å². The van der Waals surface area contributed by atoms with Crippen molar-refractivity contribution in [1.29, 1.82) is 0 Å². The minimum Gasteiger partial charge on any atom is -0.494 e. The molecule has 12 nitrogen and oxygen atoms in total. The van der Waals surface area contributed by atoms with Crippen LogP contribution in [-0.4, -0.2) is 91.7 Å². The molecule has 0 saturated heterocycles. The molecular weight excluding hydrogens is 727 g/mol. The fourth-order valence-corrected chi connectivity index (χ4v) is 9.97. The summed E-state index contributed by atoms with van der Waals surface area (Å²) in [6.45, 7) is 5.03. The fourth-order valence-electron chi connectivity index (χ4n) is 9.97. The second-order valence-electron chi connectivity index (χ2n) is 16.0. The SMILES string of the molecule is CCC(C(=O)O)[N+]1(C)CCc2cc(OC)c3cc2C1Cc1ccc(cc1)Oc1cc(ccc1OC)CC1c2c(cc(OC)c(N)c2O3)CC[N+]1(C)C(CC)C(=O)O. The zero-order valence-corrected chi connectivity index (χ0v) is 34.0. The number of hydrogen-bond acceptors (Lipinski definition) is 8. The van der Waals surface area contributed by atoms with Gasteiger partial charge in [-0.1, -0.05) is 32.0 Å². The number of carbonyl (C=O) groups is 2. The summed E-state index contributed by atoms with van der Waals surface area (Å²) in [7, 11) is 8.85. The predicted molar refractivity (Wildman–Crippen MR) is 216 cm³/mol. The van der Waals surface area contributed by atoms with E-state index in [1.807, 2.05) is 81.6 Å². The van der Waals surface area contributed by atoms with Crippen LogP contribution in [0.3, 0.4) is 0 Å². The van der Waals surface area contributed by atoms with Crippen molar-refractivity contribution < 1.29 is 52.5 Å². The van der Waals surface area contributed by atoms with Crippen LogP contribution in [0.4, 0.5) is 5.69 Å². The molecule has 8 rings (SSSR count). The van der Waals surface area contributed by atoms with Gasteiger partial charge >= 0.3 is 11.9 Å². The van der Waals surface area contributed by atoms with Crippen molar-refractivity contribution in [1.82, 2.24) is 0 Å². The highest BCUT2D eigenvalue weighted by Gasteiger charge is 2.50. The minimum atomic E-state index is -0.871. The van der Waals surface area contributed by atoms with Crippen LogP contribution >= 0.6 is 0 Å². The van der Waals surface area contributed by atoms with Gasteiger partial charge in [-0.25, -0.2) is 9.59 Å².